The summed E-state index contributed by atoms with van der Waals surface area (Å²) in [4.78, 5) is 39.6. The number of halogens is 1. The van der Waals surface area contributed by atoms with Crippen LogP contribution in [-0.4, -0.2) is 31.9 Å². The van der Waals surface area contributed by atoms with E-state index in [-0.39, 0.29) is 17.1 Å². The number of carbonyl (C=O) groups is 3. The molecule has 1 aliphatic heterocycles. The Morgan fingerprint density at radius 1 is 0.900 bits per heavy atom. The topological polar surface area (TPSA) is 72.9 Å². The van der Waals surface area contributed by atoms with Crippen LogP contribution >= 0.6 is 11.6 Å². The number of hydrogen-bond donors (Lipinski definition) is 0. The predicted molar refractivity (Wildman–Crippen MR) is 113 cm³/mol. The number of methoxy groups -OCH3 is 2. The van der Waals surface area contributed by atoms with Gasteiger partial charge in [-0.15, -0.1) is 0 Å². The first-order chi connectivity index (χ1) is 14.5. The van der Waals surface area contributed by atoms with Crippen LogP contribution < -0.4 is 4.90 Å². The zero-order valence-electron chi connectivity index (χ0n) is 16.3. The summed E-state index contributed by atoms with van der Waals surface area (Å²) in [5.74, 6) is -1.76. The van der Waals surface area contributed by atoms with E-state index >= 15 is 0 Å². The Balaban J connectivity index is 2.25. The second kappa shape index (κ2) is 9.24. The average Bonchev–Trinajstić information content (AvgIpc) is 3.01. The molecule has 0 unspecified atom stereocenters. The number of ether oxygens (including phenoxy) is 2. The van der Waals surface area contributed by atoms with Crippen molar-refractivity contribution < 1.29 is 23.9 Å². The van der Waals surface area contributed by atoms with Gasteiger partial charge in [0.25, 0.3) is 0 Å². The van der Waals surface area contributed by atoms with Crippen LogP contribution in [0.4, 0.5) is 5.69 Å². The Kier molecular flexibility index (Phi) is 6.49. The van der Waals surface area contributed by atoms with Gasteiger partial charge in [-0.2, -0.15) is 0 Å². The molecule has 0 atom stereocenters. The van der Waals surface area contributed by atoms with Crippen LogP contribution in [0.2, 0.25) is 5.02 Å². The molecule has 152 valence electrons. The number of hydrogen-bond acceptors (Lipinski definition) is 6. The number of anilines is 1. The molecule has 1 aliphatic rings. The van der Waals surface area contributed by atoms with Gasteiger partial charge < -0.3 is 14.4 Å². The van der Waals surface area contributed by atoms with E-state index in [0.717, 1.165) is 0 Å². The zero-order chi connectivity index (χ0) is 21.7. The van der Waals surface area contributed by atoms with Gasteiger partial charge in [-0.25, -0.2) is 9.59 Å². The highest BCUT2D eigenvalue weighted by molar-refractivity contribution is 6.31. The number of allylic oxidation sites excluding steroid dienone is 2. The van der Waals surface area contributed by atoms with Gasteiger partial charge in [-0.05, 0) is 30.4 Å². The second-order valence-electron chi connectivity index (χ2n) is 6.17. The van der Waals surface area contributed by atoms with Crippen molar-refractivity contribution in [1.82, 2.24) is 0 Å². The highest BCUT2D eigenvalue weighted by Gasteiger charge is 2.30. The third-order valence-corrected chi connectivity index (χ3v) is 4.62. The van der Waals surface area contributed by atoms with Crippen LogP contribution in [0, 0.1) is 0 Å². The summed E-state index contributed by atoms with van der Waals surface area (Å²) in [5, 5.41) is 0.351. The third kappa shape index (κ3) is 4.18. The zero-order valence-corrected chi connectivity index (χ0v) is 17.1. The van der Waals surface area contributed by atoms with Crippen molar-refractivity contribution in [2.75, 3.05) is 19.1 Å². The monoisotopic (exact) mass is 423 g/mol. The minimum Gasteiger partial charge on any atom is -0.465 e. The van der Waals surface area contributed by atoms with Crippen molar-refractivity contribution >= 4 is 35.0 Å². The summed E-state index contributed by atoms with van der Waals surface area (Å²) >= 11 is 6.21. The summed E-state index contributed by atoms with van der Waals surface area (Å²) in [5.41, 5.74) is 0.960. The molecule has 1 heterocycles. The Morgan fingerprint density at radius 2 is 1.60 bits per heavy atom. The first-order valence-electron chi connectivity index (χ1n) is 8.92. The quantitative estimate of drug-likeness (QED) is 0.533. The molecule has 2 aromatic carbocycles. The molecule has 0 aromatic heterocycles. The van der Waals surface area contributed by atoms with E-state index in [2.05, 4.69) is 0 Å². The smallest absolute Gasteiger partial charge is 0.355 e. The number of benzene rings is 2. The number of rotatable bonds is 5. The van der Waals surface area contributed by atoms with Gasteiger partial charge in [0.1, 0.15) is 5.70 Å². The average molecular weight is 424 g/mol. The third-order valence-electron chi connectivity index (χ3n) is 4.39. The lowest BCUT2D eigenvalue weighted by atomic mass is 10.0. The first-order valence-corrected chi connectivity index (χ1v) is 9.30. The standard InChI is InChI=1S/C23H18ClNO5/c1-29-22(27)18-10-6-7-13-25(20(18)23(28)30-2)19-14-16(24)11-12-17(19)21(26)15-8-4-3-5-9-15/h3-14H,1-2H3. The van der Waals surface area contributed by atoms with Crippen molar-refractivity contribution in [3.05, 3.63) is 100 Å². The van der Waals surface area contributed by atoms with Gasteiger partial charge in [0.05, 0.1) is 25.5 Å². The highest BCUT2D eigenvalue weighted by Crippen LogP contribution is 2.32. The maximum atomic E-state index is 13.2. The molecule has 0 radical (unpaired) electrons. The molecule has 0 amide bonds. The molecule has 0 saturated carbocycles. The van der Waals surface area contributed by atoms with Gasteiger partial charge in [-0.3, -0.25) is 4.79 Å². The summed E-state index contributed by atoms with van der Waals surface area (Å²) in [6, 6.07) is 13.4. The molecule has 6 nitrogen and oxygen atoms in total. The van der Waals surface area contributed by atoms with Crippen LogP contribution in [0.25, 0.3) is 0 Å². The fourth-order valence-corrected chi connectivity index (χ4v) is 3.16. The minimum atomic E-state index is -0.773. The highest BCUT2D eigenvalue weighted by atomic mass is 35.5. The number of ketones is 1. The Morgan fingerprint density at radius 3 is 2.27 bits per heavy atom. The summed E-state index contributed by atoms with van der Waals surface area (Å²) < 4.78 is 9.73. The Bertz CT molecular complexity index is 1090. The largest absolute Gasteiger partial charge is 0.465 e. The lowest BCUT2D eigenvalue weighted by molar-refractivity contribution is -0.139. The van der Waals surface area contributed by atoms with Gasteiger partial charge in [0, 0.05) is 22.3 Å². The van der Waals surface area contributed by atoms with E-state index in [1.165, 1.54) is 25.2 Å². The predicted octanol–water partition coefficient (Wildman–Crippen LogP) is 4.06. The van der Waals surface area contributed by atoms with Crippen molar-refractivity contribution in [2.45, 2.75) is 0 Å². The maximum Gasteiger partial charge on any atom is 0.355 e. The van der Waals surface area contributed by atoms with Crippen LogP contribution in [-0.2, 0) is 19.1 Å². The fourth-order valence-electron chi connectivity index (χ4n) is 2.99. The summed E-state index contributed by atoms with van der Waals surface area (Å²) in [6.07, 6.45) is 6.19. The van der Waals surface area contributed by atoms with Crippen LogP contribution in [0.3, 0.4) is 0 Å². The van der Waals surface area contributed by atoms with Crippen molar-refractivity contribution in [1.29, 1.82) is 0 Å². The van der Waals surface area contributed by atoms with E-state index in [1.54, 1.807) is 60.8 Å². The lowest BCUT2D eigenvalue weighted by Gasteiger charge is -2.25. The normalized spacial score (nSPS) is 13.1. The van der Waals surface area contributed by atoms with E-state index in [9.17, 15) is 14.4 Å². The molecule has 7 heteroatoms. The summed E-state index contributed by atoms with van der Waals surface area (Å²) in [7, 11) is 2.42. The van der Waals surface area contributed by atoms with E-state index in [1.807, 2.05) is 6.07 Å². The molecule has 0 bridgehead atoms. The molecular formula is C23H18ClNO5. The van der Waals surface area contributed by atoms with Gasteiger partial charge >= 0.3 is 11.9 Å². The minimum absolute atomic E-state index is 0.0209. The van der Waals surface area contributed by atoms with Crippen molar-refractivity contribution in [2.24, 2.45) is 0 Å². The molecule has 2 aromatic rings. The molecule has 30 heavy (non-hydrogen) atoms. The van der Waals surface area contributed by atoms with E-state index < -0.39 is 11.9 Å². The van der Waals surface area contributed by atoms with E-state index in [0.29, 0.717) is 21.8 Å². The first kappa shape index (κ1) is 21.1. The van der Waals surface area contributed by atoms with Crippen LogP contribution in [0.5, 0.6) is 0 Å². The van der Waals surface area contributed by atoms with Crippen LogP contribution in [0.1, 0.15) is 15.9 Å². The molecule has 3 rings (SSSR count). The molecule has 0 aliphatic carbocycles. The van der Waals surface area contributed by atoms with Gasteiger partial charge in [-0.1, -0.05) is 48.0 Å². The van der Waals surface area contributed by atoms with Gasteiger partial charge in [0.15, 0.2) is 5.78 Å². The maximum absolute atomic E-state index is 13.2. The molecule has 0 fully saturated rings. The molecule has 0 saturated heterocycles. The summed E-state index contributed by atoms with van der Waals surface area (Å²) in [6.45, 7) is 0. The van der Waals surface area contributed by atoms with Gasteiger partial charge in [0.2, 0.25) is 0 Å². The molecular weight excluding hydrogens is 406 g/mol. The SMILES string of the molecule is COC(=O)C1=C(C(=O)OC)N(c2cc(Cl)ccc2C(=O)c2ccccc2)C=CC=C1. The molecule has 0 N–H and O–H groups in total. The van der Waals surface area contributed by atoms with Crippen molar-refractivity contribution in [3.8, 4) is 0 Å². The lowest BCUT2D eigenvalue weighted by Crippen LogP contribution is -2.28. The molecule has 0 spiro atoms. The van der Waals surface area contributed by atoms with E-state index in [4.69, 9.17) is 21.1 Å². The Hall–Kier alpha value is -3.64. The second-order valence-corrected chi connectivity index (χ2v) is 6.61. The number of esters is 2. The Labute approximate surface area is 178 Å². The number of carbonyl (C=O) groups excluding carboxylic acids is 3. The fraction of sp³-hybridized carbons (Fsp3) is 0.0870. The van der Waals surface area contributed by atoms with Crippen LogP contribution in [0.15, 0.2) is 84.2 Å². The number of nitrogens with zero attached hydrogens (tertiary/aromatic N) is 1. The van der Waals surface area contributed by atoms with Crippen molar-refractivity contribution in [3.63, 3.8) is 0 Å².